The van der Waals surface area contributed by atoms with Gasteiger partial charge in [0.25, 0.3) is 5.91 Å². The van der Waals surface area contributed by atoms with Crippen LogP contribution in [0.5, 0.6) is 0 Å². The quantitative estimate of drug-likeness (QED) is 0.474. The summed E-state index contributed by atoms with van der Waals surface area (Å²) in [5.74, 6) is 1.56. The molecule has 4 aromatic rings. The number of aromatic nitrogens is 4. The molecule has 0 atom stereocenters. The average molecular weight is 441 g/mol. The second-order valence-electron chi connectivity index (χ2n) is 8.68. The zero-order valence-corrected chi connectivity index (χ0v) is 19.0. The summed E-state index contributed by atoms with van der Waals surface area (Å²) in [5.41, 5.74) is 3.41. The molecule has 7 nitrogen and oxygen atoms in total. The van der Waals surface area contributed by atoms with Crippen LogP contribution in [0.2, 0.25) is 0 Å². The number of nitrogens with one attached hydrogen (secondary N) is 2. The number of anilines is 1. The number of aryl methyl sites for hydroxylation is 2. The summed E-state index contributed by atoms with van der Waals surface area (Å²) in [6.07, 6.45) is 3.81. The normalized spacial score (nSPS) is 18.2. The number of nitrogens with zero attached hydrogens (tertiary/aromatic N) is 4. The van der Waals surface area contributed by atoms with E-state index < -0.39 is 0 Å². The number of amides is 1. The van der Waals surface area contributed by atoms with E-state index in [2.05, 4.69) is 10.6 Å². The molecule has 0 aliphatic heterocycles. The molecule has 5 rings (SSSR count). The highest BCUT2D eigenvalue weighted by Gasteiger charge is 2.25. The molecule has 2 N–H and O–H groups in total. The zero-order chi connectivity index (χ0) is 22.8. The Labute approximate surface area is 193 Å². The van der Waals surface area contributed by atoms with E-state index in [1.165, 1.54) is 0 Å². The van der Waals surface area contributed by atoms with Gasteiger partial charge in [-0.05, 0) is 63.8 Å². The Morgan fingerprint density at radius 3 is 2.21 bits per heavy atom. The molecule has 2 aromatic heterocycles. The van der Waals surface area contributed by atoms with Crippen LogP contribution >= 0.6 is 0 Å². The van der Waals surface area contributed by atoms with E-state index in [4.69, 9.17) is 15.1 Å². The molecule has 0 radical (unpaired) electrons. The maximum Gasteiger partial charge on any atom is 0.251 e. The first-order valence-electron chi connectivity index (χ1n) is 11.5. The molecule has 1 saturated carbocycles. The minimum atomic E-state index is 0.00379. The van der Waals surface area contributed by atoms with Crippen molar-refractivity contribution >= 4 is 22.8 Å². The van der Waals surface area contributed by atoms with E-state index in [-0.39, 0.29) is 11.9 Å². The number of hydrogen-bond acceptors (Lipinski definition) is 5. The molecule has 1 aliphatic carbocycles. The molecule has 1 fully saturated rings. The van der Waals surface area contributed by atoms with E-state index in [0.717, 1.165) is 53.9 Å². The second kappa shape index (κ2) is 9.02. The monoisotopic (exact) mass is 440 g/mol. The van der Waals surface area contributed by atoms with Gasteiger partial charge in [-0.25, -0.2) is 14.6 Å². The van der Waals surface area contributed by atoms with Crippen LogP contribution in [0.3, 0.4) is 0 Å². The third-order valence-electron chi connectivity index (χ3n) is 6.25. The topological polar surface area (TPSA) is 84.7 Å². The molecule has 0 saturated heterocycles. The number of carbonyl (C=O) groups is 1. The lowest BCUT2D eigenvalue weighted by Crippen LogP contribution is -2.40. The Morgan fingerprint density at radius 2 is 1.52 bits per heavy atom. The maximum absolute atomic E-state index is 12.5. The van der Waals surface area contributed by atoms with E-state index in [9.17, 15) is 4.79 Å². The van der Waals surface area contributed by atoms with Crippen LogP contribution in [0, 0.1) is 13.8 Å². The average Bonchev–Trinajstić information content (AvgIpc) is 3.17. The van der Waals surface area contributed by atoms with Crippen molar-refractivity contribution in [3.05, 3.63) is 77.7 Å². The Hall–Kier alpha value is -3.74. The largest absolute Gasteiger partial charge is 0.367 e. The van der Waals surface area contributed by atoms with E-state index in [0.29, 0.717) is 17.4 Å². The van der Waals surface area contributed by atoms with Crippen molar-refractivity contribution in [2.24, 2.45) is 0 Å². The van der Waals surface area contributed by atoms with Crippen LogP contribution < -0.4 is 10.6 Å². The van der Waals surface area contributed by atoms with Crippen LogP contribution in [0.4, 0.5) is 5.82 Å². The molecule has 1 aliphatic rings. The predicted molar refractivity (Wildman–Crippen MR) is 130 cm³/mol. The summed E-state index contributed by atoms with van der Waals surface area (Å²) in [6.45, 7) is 3.92. The Bertz CT molecular complexity index is 1260. The van der Waals surface area contributed by atoms with Crippen LogP contribution in [0.1, 0.15) is 47.6 Å². The van der Waals surface area contributed by atoms with E-state index in [1.54, 1.807) is 0 Å². The highest BCUT2D eigenvalue weighted by Crippen LogP contribution is 2.29. The Kier molecular flexibility index (Phi) is 5.77. The van der Waals surface area contributed by atoms with Gasteiger partial charge in [0, 0.05) is 17.6 Å². The van der Waals surface area contributed by atoms with Gasteiger partial charge in [0.2, 0.25) is 0 Å². The summed E-state index contributed by atoms with van der Waals surface area (Å²) >= 11 is 0. The lowest BCUT2D eigenvalue weighted by molar-refractivity contribution is 0.0926. The zero-order valence-electron chi connectivity index (χ0n) is 19.0. The molecular weight excluding hydrogens is 412 g/mol. The lowest BCUT2D eigenvalue weighted by Gasteiger charge is -2.30. The fourth-order valence-corrected chi connectivity index (χ4v) is 4.58. The highest BCUT2D eigenvalue weighted by atomic mass is 16.1. The van der Waals surface area contributed by atoms with Gasteiger partial charge in [-0.2, -0.15) is 5.10 Å². The van der Waals surface area contributed by atoms with Crippen LogP contribution in [0.15, 0.2) is 60.7 Å². The van der Waals surface area contributed by atoms with Crippen molar-refractivity contribution in [3.8, 4) is 5.69 Å². The molecular formula is C26H28N6O. The summed E-state index contributed by atoms with van der Waals surface area (Å²) in [5, 5.41) is 12.6. The summed E-state index contributed by atoms with van der Waals surface area (Å²) in [4.78, 5) is 21.9. The maximum atomic E-state index is 12.5. The summed E-state index contributed by atoms with van der Waals surface area (Å²) < 4.78 is 1.89. The third-order valence-corrected chi connectivity index (χ3v) is 6.25. The van der Waals surface area contributed by atoms with Crippen molar-refractivity contribution in [2.75, 3.05) is 5.32 Å². The van der Waals surface area contributed by atoms with E-state index >= 15 is 0 Å². The van der Waals surface area contributed by atoms with Gasteiger partial charge in [-0.3, -0.25) is 4.79 Å². The smallest absolute Gasteiger partial charge is 0.251 e. The van der Waals surface area contributed by atoms with Crippen LogP contribution in [0.25, 0.3) is 16.7 Å². The molecule has 2 aromatic carbocycles. The molecule has 0 unspecified atom stereocenters. The van der Waals surface area contributed by atoms with Crippen molar-refractivity contribution in [1.29, 1.82) is 0 Å². The fraction of sp³-hybridized carbons (Fsp3) is 0.308. The number of hydrogen-bond donors (Lipinski definition) is 2. The molecule has 1 amide bonds. The first kappa shape index (κ1) is 21.1. The molecule has 7 heteroatoms. The third kappa shape index (κ3) is 4.44. The SMILES string of the molecule is Cc1nc(NC2CCC(NC(=O)c3ccccc3)CC2)c2c(C)nn(-c3ccccc3)c2n1. The number of benzene rings is 2. The molecule has 0 spiro atoms. The minimum Gasteiger partial charge on any atom is -0.367 e. The van der Waals surface area contributed by atoms with Gasteiger partial charge in [-0.15, -0.1) is 0 Å². The van der Waals surface area contributed by atoms with Gasteiger partial charge < -0.3 is 10.6 Å². The standard InChI is InChI=1S/C26H28N6O/c1-17-23-24(27-18(2)28-25(23)32(31-17)22-11-7-4-8-12-22)29-20-13-15-21(16-14-20)30-26(33)19-9-5-3-6-10-19/h3-12,20-21H,13-16H2,1-2H3,(H,30,33)(H,27,28,29). The molecule has 33 heavy (non-hydrogen) atoms. The first-order valence-corrected chi connectivity index (χ1v) is 11.5. The second-order valence-corrected chi connectivity index (χ2v) is 8.68. The van der Waals surface area contributed by atoms with Crippen molar-refractivity contribution in [3.63, 3.8) is 0 Å². The van der Waals surface area contributed by atoms with Gasteiger partial charge in [0.1, 0.15) is 11.6 Å². The Morgan fingerprint density at radius 1 is 0.879 bits per heavy atom. The summed E-state index contributed by atoms with van der Waals surface area (Å²) in [6, 6.07) is 20.0. The number of fused-ring (bicyclic) bond motifs is 1. The highest BCUT2D eigenvalue weighted by molar-refractivity contribution is 5.94. The minimum absolute atomic E-state index is 0.00379. The van der Waals surface area contributed by atoms with Crippen molar-refractivity contribution in [1.82, 2.24) is 25.1 Å². The number of para-hydroxylation sites is 1. The van der Waals surface area contributed by atoms with Gasteiger partial charge in [0.15, 0.2) is 5.65 Å². The van der Waals surface area contributed by atoms with Gasteiger partial charge in [-0.1, -0.05) is 36.4 Å². The molecule has 2 heterocycles. The summed E-state index contributed by atoms with van der Waals surface area (Å²) in [7, 11) is 0. The number of carbonyl (C=O) groups excluding carboxylic acids is 1. The van der Waals surface area contributed by atoms with Crippen LogP contribution in [-0.4, -0.2) is 37.7 Å². The Balaban J connectivity index is 1.30. The first-order chi connectivity index (χ1) is 16.1. The molecule has 0 bridgehead atoms. The van der Waals surface area contributed by atoms with E-state index in [1.807, 2.05) is 79.2 Å². The van der Waals surface area contributed by atoms with Crippen LogP contribution in [-0.2, 0) is 0 Å². The van der Waals surface area contributed by atoms with Crippen molar-refractivity contribution in [2.45, 2.75) is 51.6 Å². The number of rotatable bonds is 5. The van der Waals surface area contributed by atoms with Gasteiger partial charge >= 0.3 is 0 Å². The van der Waals surface area contributed by atoms with Gasteiger partial charge in [0.05, 0.1) is 16.8 Å². The lowest BCUT2D eigenvalue weighted by atomic mass is 9.91. The molecule has 168 valence electrons. The fourth-order valence-electron chi connectivity index (χ4n) is 4.58. The van der Waals surface area contributed by atoms with Crippen molar-refractivity contribution < 1.29 is 4.79 Å². The predicted octanol–water partition coefficient (Wildman–Crippen LogP) is 4.59.